The molecule has 0 radical (unpaired) electrons. The maximum atomic E-state index is 9.83. The van der Waals surface area contributed by atoms with Gasteiger partial charge in [-0.2, -0.15) is 5.26 Å². The number of rotatable bonds is 7. The van der Waals surface area contributed by atoms with E-state index in [1.807, 2.05) is 37.3 Å². The molecule has 114 valence electrons. The largest absolute Gasteiger partial charge is 0.384 e. The van der Waals surface area contributed by atoms with Crippen LogP contribution in [0.3, 0.4) is 0 Å². The van der Waals surface area contributed by atoms with Crippen molar-refractivity contribution in [3.05, 3.63) is 35.9 Å². The first kappa shape index (κ1) is 16.0. The summed E-state index contributed by atoms with van der Waals surface area (Å²) in [7, 11) is 1.75. The van der Waals surface area contributed by atoms with E-state index in [2.05, 4.69) is 16.3 Å². The molecule has 1 heterocycles. The van der Waals surface area contributed by atoms with E-state index in [-0.39, 0.29) is 0 Å². The van der Waals surface area contributed by atoms with Crippen molar-refractivity contribution in [1.82, 2.24) is 10.2 Å². The predicted molar refractivity (Wildman–Crippen MR) is 83.8 cm³/mol. The highest BCUT2D eigenvalue weighted by molar-refractivity contribution is 5.32. The minimum absolute atomic E-state index is 0.587. The third kappa shape index (κ3) is 3.82. The molecule has 2 unspecified atom stereocenters. The van der Waals surface area contributed by atoms with Crippen molar-refractivity contribution >= 4 is 0 Å². The highest BCUT2D eigenvalue weighted by Crippen LogP contribution is 2.25. The lowest BCUT2D eigenvalue weighted by Crippen LogP contribution is -2.49. The van der Waals surface area contributed by atoms with Gasteiger partial charge in [0, 0.05) is 20.2 Å². The van der Waals surface area contributed by atoms with E-state index in [4.69, 9.17) is 4.74 Å². The number of benzene rings is 1. The Morgan fingerprint density at radius 1 is 1.43 bits per heavy atom. The molecule has 1 aliphatic rings. The Morgan fingerprint density at radius 2 is 2.19 bits per heavy atom. The molecule has 0 aliphatic carbocycles. The van der Waals surface area contributed by atoms with Gasteiger partial charge in [-0.3, -0.25) is 10.2 Å². The standard InChI is InChI=1S/C17H25N3O/c1-3-19-17(13-18,16-7-5-4-6-8-16)14-20-10-9-15(11-20)12-21-2/h4-8,15,19H,3,9-12,14H2,1-2H3. The Morgan fingerprint density at radius 3 is 2.81 bits per heavy atom. The summed E-state index contributed by atoms with van der Waals surface area (Å²) >= 11 is 0. The van der Waals surface area contributed by atoms with Crippen molar-refractivity contribution in [3.63, 3.8) is 0 Å². The Bertz CT molecular complexity index is 471. The van der Waals surface area contributed by atoms with Gasteiger partial charge in [-0.25, -0.2) is 0 Å². The fourth-order valence-electron chi connectivity index (χ4n) is 3.18. The Kier molecular flexibility index (Phi) is 5.75. The van der Waals surface area contributed by atoms with Crippen LogP contribution in [0.5, 0.6) is 0 Å². The molecular formula is C17H25N3O. The third-order valence-corrected chi connectivity index (χ3v) is 4.17. The number of likely N-dealkylation sites (tertiary alicyclic amines) is 1. The molecule has 0 amide bonds. The van der Waals surface area contributed by atoms with E-state index >= 15 is 0 Å². The van der Waals surface area contributed by atoms with Crippen molar-refractivity contribution in [2.75, 3.05) is 39.9 Å². The van der Waals surface area contributed by atoms with Gasteiger partial charge in [-0.1, -0.05) is 37.3 Å². The van der Waals surface area contributed by atoms with Crippen LogP contribution in [-0.4, -0.2) is 44.8 Å². The zero-order valence-corrected chi connectivity index (χ0v) is 13.0. The monoisotopic (exact) mass is 287 g/mol. The number of hydrogen-bond acceptors (Lipinski definition) is 4. The summed E-state index contributed by atoms with van der Waals surface area (Å²) < 4.78 is 5.26. The molecule has 1 aromatic rings. The lowest BCUT2D eigenvalue weighted by molar-refractivity contribution is 0.150. The maximum Gasteiger partial charge on any atom is 0.145 e. The summed E-state index contributed by atoms with van der Waals surface area (Å²) in [6.45, 7) is 6.40. The molecule has 4 nitrogen and oxygen atoms in total. The van der Waals surface area contributed by atoms with E-state index < -0.39 is 5.54 Å². The highest BCUT2D eigenvalue weighted by Gasteiger charge is 2.36. The molecular weight excluding hydrogens is 262 g/mol. The number of nitrogens with one attached hydrogen (secondary N) is 1. The van der Waals surface area contributed by atoms with E-state index in [9.17, 15) is 5.26 Å². The first-order valence-corrected chi connectivity index (χ1v) is 7.67. The van der Waals surface area contributed by atoms with Crippen molar-refractivity contribution in [1.29, 1.82) is 5.26 Å². The summed E-state index contributed by atoms with van der Waals surface area (Å²) in [6.07, 6.45) is 1.15. The second-order valence-corrected chi connectivity index (χ2v) is 5.76. The van der Waals surface area contributed by atoms with Crippen molar-refractivity contribution in [2.45, 2.75) is 18.9 Å². The lowest BCUT2D eigenvalue weighted by atomic mass is 9.90. The molecule has 1 saturated heterocycles. The fraction of sp³-hybridized carbons (Fsp3) is 0.588. The first-order chi connectivity index (χ1) is 10.2. The van der Waals surface area contributed by atoms with Crippen LogP contribution in [0.4, 0.5) is 0 Å². The summed E-state index contributed by atoms with van der Waals surface area (Å²) in [5.74, 6) is 0.587. The molecule has 0 bridgehead atoms. The molecule has 1 aromatic carbocycles. The van der Waals surface area contributed by atoms with Gasteiger partial charge < -0.3 is 4.74 Å². The predicted octanol–water partition coefficient (Wildman–Crippen LogP) is 1.98. The van der Waals surface area contributed by atoms with Crippen LogP contribution in [0.15, 0.2) is 30.3 Å². The summed E-state index contributed by atoms with van der Waals surface area (Å²) in [5.41, 5.74) is 0.419. The zero-order valence-electron chi connectivity index (χ0n) is 13.0. The van der Waals surface area contributed by atoms with Crippen molar-refractivity contribution < 1.29 is 4.74 Å². The van der Waals surface area contributed by atoms with Gasteiger partial charge in [-0.15, -0.1) is 0 Å². The average Bonchev–Trinajstić information content (AvgIpc) is 2.95. The third-order valence-electron chi connectivity index (χ3n) is 4.17. The Labute approximate surface area is 127 Å². The van der Waals surface area contributed by atoms with Gasteiger partial charge in [0.1, 0.15) is 5.54 Å². The average molecular weight is 287 g/mol. The number of ether oxygens (including phenoxy) is 1. The van der Waals surface area contributed by atoms with Crippen LogP contribution in [-0.2, 0) is 10.3 Å². The quantitative estimate of drug-likeness (QED) is 0.833. The lowest BCUT2D eigenvalue weighted by Gasteiger charge is -2.32. The van der Waals surface area contributed by atoms with E-state index in [1.165, 1.54) is 0 Å². The molecule has 21 heavy (non-hydrogen) atoms. The summed E-state index contributed by atoms with van der Waals surface area (Å²) in [5, 5.41) is 13.2. The minimum atomic E-state index is -0.627. The second-order valence-electron chi connectivity index (χ2n) is 5.76. The van der Waals surface area contributed by atoms with Gasteiger partial charge in [0.05, 0.1) is 12.7 Å². The van der Waals surface area contributed by atoms with E-state index in [1.54, 1.807) is 7.11 Å². The summed E-state index contributed by atoms with van der Waals surface area (Å²) in [6, 6.07) is 12.6. The fourth-order valence-corrected chi connectivity index (χ4v) is 3.18. The van der Waals surface area contributed by atoms with Crippen molar-refractivity contribution in [2.24, 2.45) is 5.92 Å². The molecule has 2 rings (SSSR count). The molecule has 1 fully saturated rings. The van der Waals surface area contributed by atoms with E-state index in [0.717, 1.165) is 44.8 Å². The SMILES string of the molecule is CCNC(C#N)(CN1CCC(COC)C1)c1ccccc1. The molecule has 0 aromatic heterocycles. The molecule has 0 saturated carbocycles. The normalized spacial score (nSPS) is 21.9. The summed E-state index contributed by atoms with van der Waals surface area (Å²) in [4.78, 5) is 2.38. The molecule has 1 N–H and O–H groups in total. The Hall–Kier alpha value is -1.41. The second kappa shape index (κ2) is 7.56. The zero-order chi connectivity index (χ0) is 15.1. The van der Waals surface area contributed by atoms with Gasteiger partial charge in [0.2, 0.25) is 0 Å². The molecule has 0 spiro atoms. The molecule has 1 aliphatic heterocycles. The van der Waals surface area contributed by atoms with Crippen LogP contribution < -0.4 is 5.32 Å². The number of methoxy groups -OCH3 is 1. The highest BCUT2D eigenvalue weighted by atomic mass is 16.5. The molecule has 4 heteroatoms. The smallest absolute Gasteiger partial charge is 0.145 e. The van der Waals surface area contributed by atoms with Crippen molar-refractivity contribution in [3.8, 4) is 6.07 Å². The van der Waals surface area contributed by atoms with Crippen LogP contribution in [0.25, 0.3) is 0 Å². The minimum Gasteiger partial charge on any atom is -0.384 e. The topological polar surface area (TPSA) is 48.3 Å². The van der Waals surface area contributed by atoms with Gasteiger partial charge in [0.15, 0.2) is 0 Å². The Balaban J connectivity index is 2.13. The van der Waals surface area contributed by atoms with E-state index in [0.29, 0.717) is 5.92 Å². The van der Waals surface area contributed by atoms with Crippen LogP contribution in [0, 0.1) is 17.2 Å². The molecule has 2 atom stereocenters. The maximum absolute atomic E-state index is 9.83. The number of nitrogens with zero attached hydrogens (tertiary/aromatic N) is 2. The van der Waals surface area contributed by atoms with Gasteiger partial charge in [-0.05, 0) is 31.0 Å². The van der Waals surface area contributed by atoms with Gasteiger partial charge in [0.25, 0.3) is 0 Å². The number of likely N-dealkylation sites (N-methyl/N-ethyl adjacent to an activating group) is 1. The van der Waals surface area contributed by atoms with Crippen LogP contribution in [0.1, 0.15) is 18.9 Å². The number of hydrogen-bond donors (Lipinski definition) is 1. The number of nitriles is 1. The van der Waals surface area contributed by atoms with Crippen LogP contribution in [0.2, 0.25) is 0 Å². The van der Waals surface area contributed by atoms with Gasteiger partial charge >= 0.3 is 0 Å². The van der Waals surface area contributed by atoms with Crippen LogP contribution >= 0.6 is 0 Å². The first-order valence-electron chi connectivity index (χ1n) is 7.67.